The fourth-order valence-electron chi connectivity index (χ4n) is 2.60. The molecule has 1 aliphatic heterocycles. The maximum atomic E-state index is 12.0. The molecular weight excluding hydrogens is 344 g/mol. The Morgan fingerprint density at radius 2 is 1.80 bits per heavy atom. The van der Waals surface area contributed by atoms with Crippen molar-refractivity contribution in [1.82, 2.24) is 15.1 Å². The van der Waals surface area contributed by atoms with Gasteiger partial charge in [-0.15, -0.1) is 0 Å². The molecule has 1 aromatic rings. The summed E-state index contributed by atoms with van der Waals surface area (Å²) in [6, 6.07) is 5.26. The summed E-state index contributed by atoms with van der Waals surface area (Å²) in [4.78, 5) is 38.9. The second kappa shape index (κ2) is 8.82. The van der Waals surface area contributed by atoms with Gasteiger partial charge in [-0.05, 0) is 24.6 Å². The first kappa shape index (κ1) is 19.2. The van der Waals surface area contributed by atoms with Crippen LogP contribution in [0.4, 0.5) is 5.69 Å². The number of nitrogens with one attached hydrogen (secondary N) is 2. The molecule has 7 nitrogen and oxygen atoms in total. The molecule has 1 saturated heterocycles. The largest absolute Gasteiger partial charge is 0.346 e. The first-order valence-corrected chi connectivity index (χ1v) is 8.54. The Labute approximate surface area is 152 Å². The maximum absolute atomic E-state index is 12.0. The Kier molecular flexibility index (Phi) is 6.78. The van der Waals surface area contributed by atoms with Gasteiger partial charge in [0.25, 0.3) is 0 Å². The third-order valence-electron chi connectivity index (χ3n) is 4.17. The normalized spacial score (nSPS) is 14.9. The molecule has 0 radical (unpaired) electrons. The van der Waals surface area contributed by atoms with Gasteiger partial charge in [-0.1, -0.05) is 17.7 Å². The molecule has 25 heavy (non-hydrogen) atoms. The predicted molar refractivity (Wildman–Crippen MR) is 96.5 cm³/mol. The first-order chi connectivity index (χ1) is 11.9. The average Bonchev–Trinajstić information content (AvgIpc) is 2.58. The van der Waals surface area contributed by atoms with Gasteiger partial charge in [-0.3, -0.25) is 19.3 Å². The fraction of sp³-hybridized carbons (Fsp3) is 0.471. The number of benzene rings is 1. The number of halogens is 1. The van der Waals surface area contributed by atoms with Crippen molar-refractivity contribution >= 4 is 35.0 Å². The lowest BCUT2D eigenvalue weighted by atomic mass is 10.2. The highest BCUT2D eigenvalue weighted by molar-refractivity contribution is 6.31. The molecule has 0 aliphatic carbocycles. The van der Waals surface area contributed by atoms with E-state index in [2.05, 4.69) is 10.6 Å². The lowest BCUT2D eigenvalue weighted by Gasteiger charge is -2.33. The van der Waals surface area contributed by atoms with E-state index in [0.717, 1.165) is 5.56 Å². The van der Waals surface area contributed by atoms with Gasteiger partial charge >= 0.3 is 0 Å². The van der Waals surface area contributed by atoms with Crippen LogP contribution in [0.1, 0.15) is 12.5 Å². The SMILES string of the molecule is CC(=O)N1CCN(CC(=O)NCC(=O)Nc2cccc(Cl)c2C)CC1. The predicted octanol–water partition coefficient (Wildman–Crippen LogP) is 0.867. The van der Waals surface area contributed by atoms with Gasteiger partial charge in [-0.2, -0.15) is 0 Å². The van der Waals surface area contributed by atoms with E-state index < -0.39 is 0 Å². The number of rotatable bonds is 5. The Hall–Kier alpha value is -2.12. The highest BCUT2D eigenvalue weighted by atomic mass is 35.5. The first-order valence-electron chi connectivity index (χ1n) is 8.16. The minimum absolute atomic E-state index is 0.0529. The van der Waals surface area contributed by atoms with Crippen LogP contribution in [0.15, 0.2) is 18.2 Å². The zero-order valence-electron chi connectivity index (χ0n) is 14.5. The monoisotopic (exact) mass is 366 g/mol. The van der Waals surface area contributed by atoms with Crippen molar-refractivity contribution in [2.24, 2.45) is 0 Å². The van der Waals surface area contributed by atoms with Crippen LogP contribution in [0, 0.1) is 6.92 Å². The van der Waals surface area contributed by atoms with E-state index in [0.29, 0.717) is 36.9 Å². The fourth-order valence-corrected chi connectivity index (χ4v) is 2.77. The summed E-state index contributed by atoms with van der Waals surface area (Å²) in [6.07, 6.45) is 0. The summed E-state index contributed by atoms with van der Waals surface area (Å²) in [5.74, 6) is -0.466. The number of hydrogen-bond donors (Lipinski definition) is 2. The molecule has 0 unspecified atom stereocenters. The van der Waals surface area contributed by atoms with Crippen LogP contribution in [0.2, 0.25) is 5.02 Å². The Balaban J connectivity index is 1.72. The molecule has 3 amide bonds. The topological polar surface area (TPSA) is 81.8 Å². The summed E-state index contributed by atoms with van der Waals surface area (Å²) in [7, 11) is 0. The molecule has 1 heterocycles. The molecule has 0 bridgehead atoms. The zero-order chi connectivity index (χ0) is 18.4. The standard InChI is InChI=1S/C17H23ClN4O3/c1-12-14(18)4-3-5-15(12)20-16(24)10-19-17(25)11-21-6-8-22(9-7-21)13(2)23/h3-5H,6-11H2,1-2H3,(H,19,25)(H,20,24). The van der Waals surface area contributed by atoms with Crippen LogP contribution in [-0.2, 0) is 14.4 Å². The van der Waals surface area contributed by atoms with E-state index >= 15 is 0 Å². The lowest BCUT2D eigenvalue weighted by molar-refractivity contribution is -0.131. The summed E-state index contributed by atoms with van der Waals surface area (Å²) in [6.45, 7) is 6.03. The highest BCUT2D eigenvalue weighted by Gasteiger charge is 2.20. The van der Waals surface area contributed by atoms with Crippen molar-refractivity contribution in [3.63, 3.8) is 0 Å². The lowest BCUT2D eigenvalue weighted by Crippen LogP contribution is -2.51. The van der Waals surface area contributed by atoms with Gasteiger partial charge in [0, 0.05) is 43.8 Å². The van der Waals surface area contributed by atoms with Gasteiger partial charge < -0.3 is 15.5 Å². The maximum Gasteiger partial charge on any atom is 0.243 e. The minimum atomic E-state index is -0.305. The van der Waals surface area contributed by atoms with Crippen LogP contribution >= 0.6 is 11.6 Å². The van der Waals surface area contributed by atoms with Crippen molar-refractivity contribution in [2.75, 3.05) is 44.6 Å². The molecule has 0 spiro atoms. The van der Waals surface area contributed by atoms with E-state index in [1.807, 2.05) is 11.8 Å². The zero-order valence-corrected chi connectivity index (χ0v) is 15.2. The molecule has 0 aromatic heterocycles. The Morgan fingerprint density at radius 1 is 1.12 bits per heavy atom. The number of carbonyl (C=O) groups is 3. The Bertz CT molecular complexity index is 657. The van der Waals surface area contributed by atoms with E-state index in [1.54, 1.807) is 30.0 Å². The molecular formula is C17H23ClN4O3. The second-order valence-corrected chi connectivity index (χ2v) is 6.43. The quantitative estimate of drug-likeness (QED) is 0.810. The van der Waals surface area contributed by atoms with Crippen LogP contribution < -0.4 is 10.6 Å². The molecule has 0 saturated carbocycles. The van der Waals surface area contributed by atoms with Crippen LogP contribution in [-0.4, -0.2) is 66.8 Å². The number of carbonyl (C=O) groups excluding carboxylic acids is 3. The van der Waals surface area contributed by atoms with Crippen LogP contribution in [0.25, 0.3) is 0 Å². The van der Waals surface area contributed by atoms with Crippen molar-refractivity contribution in [3.8, 4) is 0 Å². The summed E-state index contributed by atoms with van der Waals surface area (Å²) < 4.78 is 0. The van der Waals surface area contributed by atoms with Gasteiger partial charge in [-0.25, -0.2) is 0 Å². The summed E-state index contributed by atoms with van der Waals surface area (Å²) >= 11 is 6.01. The van der Waals surface area contributed by atoms with Crippen molar-refractivity contribution < 1.29 is 14.4 Å². The van der Waals surface area contributed by atoms with Gasteiger partial charge in [0.15, 0.2) is 0 Å². The molecule has 136 valence electrons. The summed E-state index contributed by atoms with van der Waals surface area (Å²) in [5, 5.41) is 5.92. The van der Waals surface area contributed by atoms with Crippen LogP contribution in [0.5, 0.6) is 0 Å². The summed E-state index contributed by atoms with van der Waals surface area (Å²) in [5.41, 5.74) is 1.42. The number of amides is 3. The minimum Gasteiger partial charge on any atom is -0.346 e. The number of anilines is 1. The number of hydrogen-bond acceptors (Lipinski definition) is 4. The smallest absolute Gasteiger partial charge is 0.243 e. The Morgan fingerprint density at radius 3 is 2.44 bits per heavy atom. The third kappa shape index (κ3) is 5.72. The van der Waals surface area contributed by atoms with E-state index in [-0.39, 0.29) is 30.8 Å². The molecule has 1 aliphatic rings. The van der Waals surface area contributed by atoms with E-state index in [1.165, 1.54) is 0 Å². The third-order valence-corrected chi connectivity index (χ3v) is 4.58. The van der Waals surface area contributed by atoms with Crippen LogP contribution in [0.3, 0.4) is 0 Å². The number of nitrogens with zero attached hydrogens (tertiary/aromatic N) is 2. The second-order valence-electron chi connectivity index (χ2n) is 6.02. The molecule has 0 atom stereocenters. The molecule has 1 aromatic carbocycles. The van der Waals surface area contributed by atoms with Crippen molar-refractivity contribution in [2.45, 2.75) is 13.8 Å². The molecule has 8 heteroatoms. The highest BCUT2D eigenvalue weighted by Crippen LogP contribution is 2.22. The van der Waals surface area contributed by atoms with E-state index in [9.17, 15) is 14.4 Å². The van der Waals surface area contributed by atoms with E-state index in [4.69, 9.17) is 11.6 Å². The average molecular weight is 367 g/mol. The van der Waals surface area contributed by atoms with Crippen molar-refractivity contribution in [1.29, 1.82) is 0 Å². The molecule has 1 fully saturated rings. The number of piperazine rings is 1. The van der Waals surface area contributed by atoms with Gasteiger partial charge in [0.05, 0.1) is 13.1 Å². The van der Waals surface area contributed by atoms with Gasteiger partial charge in [0.2, 0.25) is 17.7 Å². The van der Waals surface area contributed by atoms with Crippen molar-refractivity contribution in [3.05, 3.63) is 28.8 Å². The van der Waals surface area contributed by atoms with Gasteiger partial charge in [0.1, 0.15) is 0 Å². The molecule has 2 N–H and O–H groups in total. The molecule has 2 rings (SSSR count).